The van der Waals surface area contributed by atoms with Crippen LogP contribution in [0, 0.1) is 0 Å². The van der Waals surface area contributed by atoms with E-state index in [4.69, 9.17) is 21.4 Å². The Morgan fingerprint density at radius 2 is 2.07 bits per heavy atom. The van der Waals surface area contributed by atoms with Gasteiger partial charge in [-0.2, -0.15) is 13.9 Å². The van der Waals surface area contributed by atoms with Gasteiger partial charge >= 0.3 is 5.92 Å². The standard InChI is InChI=1S/C15H16ClF2N7O2/c1-27-13-7(16)2-8-10(22-13)9(6-3-19-20-4-6)11(21-8)12-23-14(25-24-12)15(17,18)5-26/h2,6,19-21,26H,3-5H2,1H3,(H,23,24,25). The van der Waals surface area contributed by atoms with E-state index < -0.39 is 18.4 Å². The zero-order valence-electron chi connectivity index (χ0n) is 14.1. The number of nitrogens with one attached hydrogen (secondary N) is 4. The lowest BCUT2D eigenvalue weighted by Gasteiger charge is -2.09. The zero-order chi connectivity index (χ0) is 19.2. The average molecular weight is 400 g/mol. The van der Waals surface area contributed by atoms with Crippen molar-refractivity contribution in [2.45, 2.75) is 11.8 Å². The number of hydrogen-bond acceptors (Lipinski definition) is 7. The number of hydrogen-bond donors (Lipinski definition) is 5. The number of halogens is 3. The van der Waals surface area contributed by atoms with Gasteiger partial charge in [-0.3, -0.25) is 16.0 Å². The van der Waals surface area contributed by atoms with Crippen molar-refractivity contribution in [2.75, 3.05) is 26.8 Å². The van der Waals surface area contributed by atoms with Gasteiger partial charge in [0.1, 0.15) is 11.6 Å². The number of rotatable bonds is 5. The van der Waals surface area contributed by atoms with Crippen LogP contribution in [-0.2, 0) is 5.92 Å². The van der Waals surface area contributed by atoms with Crippen molar-refractivity contribution < 1.29 is 18.6 Å². The fourth-order valence-electron chi connectivity index (χ4n) is 3.09. The lowest BCUT2D eigenvalue weighted by Crippen LogP contribution is -2.21. The number of aromatic amines is 2. The van der Waals surface area contributed by atoms with Gasteiger partial charge in [-0.15, -0.1) is 0 Å². The molecule has 5 N–H and O–H groups in total. The minimum atomic E-state index is -3.52. The number of aromatic nitrogens is 5. The summed E-state index contributed by atoms with van der Waals surface area (Å²) in [5, 5.41) is 15.3. The van der Waals surface area contributed by atoms with E-state index in [0.29, 0.717) is 34.8 Å². The highest BCUT2D eigenvalue weighted by atomic mass is 35.5. The van der Waals surface area contributed by atoms with Crippen LogP contribution in [0.3, 0.4) is 0 Å². The van der Waals surface area contributed by atoms with Gasteiger partial charge in [0, 0.05) is 24.6 Å². The summed E-state index contributed by atoms with van der Waals surface area (Å²) in [6, 6.07) is 1.65. The van der Waals surface area contributed by atoms with Crippen LogP contribution in [0.4, 0.5) is 8.78 Å². The first-order valence-corrected chi connectivity index (χ1v) is 8.46. The monoisotopic (exact) mass is 399 g/mol. The molecule has 1 fully saturated rings. The van der Waals surface area contributed by atoms with E-state index in [9.17, 15) is 8.78 Å². The molecule has 0 unspecified atom stereocenters. The summed E-state index contributed by atoms with van der Waals surface area (Å²) in [6.07, 6.45) is 0. The molecule has 1 saturated heterocycles. The summed E-state index contributed by atoms with van der Waals surface area (Å²) >= 11 is 6.16. The largest absolute Gasteiger partial charge is 0.480 e. The predicted octanol–water partition coefficient (Wildman–Crippen LogP) is 1.29. The summed E-state index contributed by atoms with van der Waals surface area (Å²) in [6.45, 7) is -0.153. The fraction of sp³-hybridized carbons (Fsp3) is 0.400. The van der Waals surface area contributed by atoms with E-state index in [2.05, 4.69) is 36.0 Å². The molecule has 0 aromatic carbocycles. The van der Waals surface area contributed by atoms with Gasteiger partial charge in [0.25, 0.3) is 0 Å². The van der Waals surface area contributed by atoms with E-state index in [1.807, 2.05) is 0 Å². The molecule has 4 heterocycles. The number of hydrazine groups is 1. The van der Waals surface area contributed by atoms with Gasteiger partial charge < -0.3 is 14.8 Å². The number of methoxy groups -OCH3 is 1. The number of aliphatic hydroxyl groups is 1. The molecular weight excluding hydrogens is 384 g/mol. The molecule has 0 amide bonds. The number of alkyl halides is 2. The maximum absolute atomic E-state index is 13.7. The van der Waals surface area contributed by atoms with Gasteiger partial charge in [0.15, 0.2) is 11.6 Å². The molecule has 4 rings (SSSR count). The summed E-state index contributed by atoms with van der Waals surface area (Å²) in [4.78, 5) is 11.5. The molecule has 0 spiro atoms. The normalized spacial score (nSPS) is 15.7. The fourth-order valence-corrected chi connectivity index (χ4v) is 3.32. The third kappa shape index (κ3) is 3.02. The molecule has 12 heteroatoms. The first kappa shape index (κ1) is 18.0. The molecule has 0 aliphatic carbocycles. The van der Waals surface area contributed by atoms with Crippen molar-refractivity contribution in [2.24, 2.45) is 0 Å². The zero-order valence-corrected chi connectivity index (χ0v) is 14.9. The van der Waals surface area contributed by atoms with Crippen molar-refractivity contribution in [1.29, 1.82) is 0 Å². The Morgan fingerprint density at radius 1 is 1.33 bits per heavy atom. The number of aliphatic hydroxyl groups excluding tert-OH is 1. The van der Waals surface area contributed by atoms with Crippen LogP contribution in [0.1, 0.15) is 17.3 Å². The number of pyridine rings is 1. The third-order valence-electron chi connectivity index (χ3n) is 4.41. The minimum absolute atomic E-state index is 0.00701. The van der Waals surface area contributed by atoms with Crippen molar-refractivity contribution in [1.82, 2.24) is 36.0 Å². The molecule has 144 valence electrons. The Bertz CT molecular complexity index is 984. The molecule has 9 nitrogen and oxygen atoms in total. The molecule has 1 aliphatic heterocycles. The number of ether oxygens (including phenoxy) is 1. The quantitative estimate of drug-likeness (QED) is 0.438. The molecule has 1 aliphatic rings. The van der Waals surface area contributed by atoms with E-state index in [1.165, 1.54) is 7.11 Å². The average Bonchev–Trinajstić information content (AvgIpc) is 3.39. The second kappa shape index (κ2) is 6.68. The maximum Gasteiger partial charge on any atom is 0.328 e. The van der Waals surface area contributed by atoms with Crippen LogP contribution >= 0.6 is 11.6 Å². The lowest BCUT2D eigenvalue weighted by atomic mass is 9.98. The topological polar surface area (TPSA) is 124 Å². The summed E-state index contributed by atoms with van der Waals surface area (Å²) in [5.41, 5.74) is 8.48. The highest BCUT2D eigenvalue weighted by Gasteiger charge is 2.36. The Balaban J connectivity index is 1.90. The first-order chi connectivity index (χ1) is 12.9. The van der Waals surface area contributed by atoms with E-state index in [-0.39, 0.29) is 17.6 Å². The van der Waals surface area contributed by atoms with Crippen LogP contribution in [0.2, 0.25) is 5.02 Å². The highest BCUT2D eigenvalue weighted by Crippen LogP contribution is 2.37. The number of nitrogens with zero attached hydrogens (tertiary/aromatic N) is 3. The third-order valence-corrected chi connectivity index (χ3v) is 4.68. The van der Waals surface area contributed by atoms with Gasteiger partial charge in [-0.05, 0) is 6.07 Å². The Labute approximate surface area is 156 Å². The molecular formula is C15H16ClF2N7O2. The maximum atomic E-state index is 13.7. The van der Waals surface area contributed by atoms with Crippen LogP contribution < -0.4 is 15.6 Å². The Morgan fingerprint density at radius 3 is 2.74 bits per heavy atom. The summed E-state index contributed by atoms with van der Waals surface area (Å²) in [5.74, 6) is -3.92. The molecule has 0 bridgehead atoms. The lowest BCUT2D eigenvalue weighted by molar-refractivity contribution is -0.0627. The van der Waals surface area contributed by atoms with Crippen molar-refractivity contribution in [3.8, 4) is 17.4 Å². The molecule has 0 radical (unpaired) electrons. The van der Waals surface area contributed by atoms with Crippen molar-refractivity contribution >= 4 is 22.6 Å². The van der Waals surface area contributed by atoms with Crippen molar-refractivity contribution in [3.05, 3.63) is 22.5 Å². The van der Waals surface area contributed by atoms with Crippen LogP contribution in [0.15, 0.2) is 6.07 Å². The van der Waals surface area contributed by atoms with Gasteiger partial charge in [0.2, 0.25) is 5.88 Å². The minimum Gasteiger partial charge on any atom is -0.480 e. The van der Waals surface area contributed by atoms with Crippen LogP contribution in [0.25, 0.3) is 22.6 Å². The number of H-pyrrole nitrogens is 2. The molecule has 27 heavy (non-hydrogen) atoms. The smallest absolute Gasteiger partial charge is 0.328 e. The van der Waals surface area contributed by atoms with E-state index in [1.54, 1.807) is 6.07 Å². The SMILES string of the molecule is COc1nc2c(C3CNNC3)c(-c3n[nH]c(C(F)(F)CO)n3)[nH]c2cc1Cl. The summed E-state index contributed by atoms with van der Waals surface area (Å²) < 4.78 is 32.6. The van der Waals surface area contributed by atoms with E-state index >= 15 is 0 Å². The molecule has 0 saturated carbocycles. The van der Waals surface area contributed by atoms with Gasteiger partial charge in [-0.25, -0.2) is 9.97 Å². The summed E-state index contributed by atoms with van der Waals surface area (Å²) in [7, 11) is 1.46. The van der Waals surface area contributed by atoms with E-state index in [0.717, 1.165) is 5.56 Å². The molecule has 3 aromatic rings. The van der Waals surface area contributed by atoms with Crippen molar-refractivity contribution in [3.63, 3.8) is 0 Å². The van der Waals surface area contributed by atoms with Gasteiger partial charge in [0.05, 0.1) is 23.8 Å². The second-order valence-electron chi connectivity index (χ2n) is 6.12. The Kier molecular flexibility index (Phi) is 4.46. The van der Waals surface area contributed by atoms with Crippen LogP contribution in [-0.4, -0.2) is 57.1 Å². The molecule has 0 atom stereocenters. The first-order valence-electron chi connectivity index (χ1n) is 8.08. The highest BCUT2D eigenvalue weighted by molar-refractivity contribution is 6.32. The molecule has 3 aromatic heterocycles. The Hall–Kier alpha value is -2.34. The number of fused-ring (bicyclic) bond motifs is 1. The predicted molar refractivity (Wildman–Crippen MR) is 92.8 cm³/mol. The van der Waals surface area contributed by atoms with Gasteiger partial charge in [-0.1, -0.05) is 11.6 Å². The van der Waals surface area contributed by atoms with Crippen LogP contribution in [0.5, 0.6) is 5.88 Å². The second-order valence-corrected chi connectivity index (χ2v) is 6.53.